The molecule has 0 aromatic heterocycles. The third-order valence-electron chi connectivity index (χ3n) is 3.73. The summed E-state index contributed by atoms with van der Waals surface area (Å²) in [5.41, 5.74) is 1.94. The summed E-state index contributed by atoms with van der Waals surface area (Å²) in [6.07, 6.45) is 3.69. The molecule has 0 saturated carbocycles. The van der Waals surface area contributed by atoms with Crippen molar-refractivity contribution >= 4 is 0 Å². The second kappa shape index (κ2) is 6.53. The van der Waals surface area contributed by atoms with E-state index < -0.39 is 0 Å². The van der Waals surface area contributed by atoms with E-state index >= 15 is 0 Å². The molecule has 1 aliphatic rings. The third-order valence-corrected chi connectivity index (χ3v) is 3.73. The van der Waals surface area contributed by atoms with Gasteiger partial charge in [-0.25, -0.2) is 0 Å². The molecule has 1 unspecified atom stereocenters. The largest absolute Gasteiger partial charge is 0.317 e. The van der Waals surface area contributed by atoms with Gasteiger partial charge in [0.1, 0.15) is 0 Å². The molecule has 0 bridgehead atoms. The van der Waals surface area contributed by atoms with Crippen LogP contribution in [0.2, 0.25) is 0 Å². The Hall–Kier alpha value is -1.37. The summed E-state index contributed by atoms with van der Waals surface area (Å²) < 4.78 is 0. The molecule has 1 aromatic carbocycles. The van der Waals surface area contributed by atoms with Crippen molar-refractivity contribution in [3.63, 3.8) is 0 Å². The summed E-state index contributed by atoms with van der Waals surface area (Å²) >= 11 is 0. The lowest BCUT2D eigenvalue weighted by molar-refractivity contribution is 0.216. The van der Waals surface area contributed by atoms with Gasteiger partial charge in [-0.05, 0) is 51.0 Å². The van der Waals surface area contributed by atoms with Gasteiger partial charge < -0.3 is 5.32 Å². The van der Waals surface area contributed by atoms with Gasteiger partial charge in [-0.15, -0.1) is 0 Å². The van der Waals surface area contributed by atoms with Crippen molar-refractivity contribution in [2.24, 2.45) is 0 Å². The van der Waals surface area contributed by atoms with Crippen LogP contribution in [0.5, 0.6) is 0 Å². The molecule has 96 valence electrons. The standard InChI is InChI=1S/C15H21N3/c1-18(15-7-4-9-17-10-8-15)12-14-6-3-2-5-13(14)11-16/h2-3,5-6,15,17H,4,7-10,12H2,1H3. The summed E-state index contributed by atoms with van der Waals surface area (Å²) in [6, 6.07) is 10.8. The van der Waals surface area contributed by atoms with Crippen LogP contribution in [0.15, 0.2) is 24.3 Å². The Bertz CT molecular complexity index is 414. The topological polar surface area (TPSA) is 39.1 Å². The minimum atomic E-state index is 0.631. The van der Waals surface area contributed by atoms with Crippen LogP contribution < -0.4 is 5.32 Å². The monoisotopic (exact) mass is 243 g/mol. The maximum absolute atomic E-state index is 9.11. The maximum Gasteiger partial charge on any atom is 0.0995 e. The fourth-order valence-corrected chi connectivity index (χ4v) is 2.61. The molecule has 1 heterocycles. The second-order valence-corrected chi connectivity index (χ2v) is 5.02. The van der Waals surface area contributed by atoms with Crippen molar-refractivity contribution in [3.05, 3.63) is 35.4 Å². The predicted octanol–water partition coefficient (Wildman–Crippen LogP) is 2.13. The molecule has 1 saturated heterocycles. The number of nitrogens with zero attached hydrogens (tertiary/aromatic N) is 2. The molecule has 1 N–H and O–H groups in total. The van der Waals surface area contributed by atoms with Crippen LogP contribution >= 0.6 is 0 Å². The van der Waals surface area contributed by atoms with Gasteiger partial charge in [0.2, 0.25) is 0 Å². The highest BCUT2D eigenvalue weighted by atomic mass is 15.1. The Morgan fingerprint density at radius 2 is 2.17 bits per heavy atom. The van der Waals surface area contributed by atoms with E-state index in [0.29, 0.717) is 6.04 Å². The van der Waals surface area contributed by atoms with E-state index in [1.54, 1.807) is 0 Å². The lowest BCUT2D eigenvalue weighted by Crippen LogP contribution is -2.32. The Morgan fingerprint density at radius 1 is 1.33 bits per heavy atom. The van der Waals surface area contributed by atoms with Crippen LogP contribution in [0.4, 0.5) is 0 Å². The summed E-state index contributed by atoms with van der Waals surface area (Å²) in [5, 5.41) is 12.5. The van der Waals surface area contributed by atoms with Crippen LogP contribution in [0.25, 0.3) is 0 Å². The Balaban J connectivity index is 2.01. The normalized spacial score (nSPS) is 20.4. The van der Waals surface area contributed by atoms with Gasteiger partial charge >= 0.3 is 0 Å². The van der Waals surface area contributed by atoms with E-state index in [1.165, 1.54) is 19.3 Å². The van der Waals surface area contributed by atoms with Gasteiger partial charge in [0, 0.05) is 12.6 Å². The minimum absolute atomic E-state index is 0.631. The molecule has 0 radical (unpaired) electrons. The van der Waals surface area contributed by atoms with E-state index in [0.717, 1.165) is 30.8 Å². The summed E-state index contributed by atoms with van der Waals surface area (Å²) in [7, 11) is 2.17. The average Bonchev–Trinajstić information content (AvgIpc) is 2.68. The van der Waals surface area contributed by atoms with E-state index in [1.807, 2.05) is 18.2 Å². The molecule has 1 aliphatic heterocycles. The number of nitrogens with one attached hydrogen (secondary N) is 1. The maximum atomic E-state index is 9.11. The average molecular weight is 243 g/mol. The molecular formula is C15H21N3. The van der Waals surface area contributed by atoms with Crippen molar-refractivity contribution in [3.8, 4) is 6.07 Å². The highest BCUT2D eigenvalue weighted by molar-refractivity contribution is 5.37. The van der Waals surface area contributed by atoms with Crippen LogP contribution in [0.3, 0.4) is 0 Å². The van der Waals surface area contributed by atoms with Gasteiger partial charge in [0.05, 0.1) is 11.6 Å². The highest BCUT2D eigenvalue weighted by Gasteiger charge is 2.17. The van der Waals surface area contributed by atoms with Gasteiger partial charge in [0.15, 0.2) is 0 Å². The lowest BCUT2D eigenvalue weighted by Gasteiger charge is -2.27. The second-order valence-electron chi connectivity index (χ2n) is 5.02. The first-order chi connectivity index (χ1) is 8.81. The van der Waals surface area contributed by atoms with Gasteiger partial charge in [-0.2, -0.15) is 5.26 Å². The summed E-state index contributed by atoms with van der Waals surface area (Å²) in [5.74, 6) is 0. The number of nitriles is 1. The SMILES string of the molecule is CN(Cc1ccccc1C#N)C1CCCNCC1. The van der Waals surface area contributed by atoms with Crippen LogP contribution in [-0.2, 0) is 6.54 Å². The molecule has 1 fully saturated rings. The van der Waals surface area contributed by atoms with E-state index in [9.17, 15) is 0 Å². The van der Waals surface area contributed by atoms with E-state index in [-0.39, 0.29) is 0 Å². The molecule has 0 amide bonds. The Morgan fingerprint density at radius 3 is 3.00 bits per heavy atom. The molecule has 2 rings (SSSR count). The highest BCUT2D eigenvalue weighted by Crippen LogP contribution is 2.16. The third kappa shape index (κ3) is 3.32. The van der Waals surface area contributed by atoms with Gasteiger partial charge in [0.25, 0.3) is 0 Å². The van der Waals surface area contributed by atoms with Crippen LogP contribution in [-0.4, -0.2) is 31.1 Å². The fraction of sp³-hybridized carbons (Fsp3) is 0.533. The first-order valence-electron chi connectivity index (χ1n) is 6.70. The van der Waals surface area contributed by atoms with E-state index in [2.05, 4.69) is 29.4 Å². The predicted molar refractivity (Wildman–Crippen MR) is 73.1 cm³/mol. The van der Waals surface area contributed by atoms with Crippen LogP contribution in [0.1, 0.15) is 30.4 Å². The molecule has 1 atom stereocenters. The minimum Gasteiger partial charge on any atom is -0.317 e. The molecule has 0 aliphatic carbocycles. The zero-order valence-corrected chi connectivity index (χ0v) is 11.0. The van der Waals surface area contributed by atoms with Crippen molar-refractivity contribution < 1.29 is 0 Å². The van der Waals surface area contributed by atoms with Crippen molar-refractivity contribution in [2.45, 2.75) is 31.8 Å². The summed E-state index contributed by atoms with van der Waals surface area (Å²) in [6.45, 7) is 3.11. The molecule has 0 spiro atoms. The zero-order chi connectivity index (χ0) is 12.8. The fourth-order valence-electron chi connectivity index (χ4n) is 2.61. The Kier molecular flexibility index (Phi) is 4.74. The number of rotatable bonds is 3. The molecular weight excluding hydrogens is 222 g/mol. The van der Waals surface area contributed by atoms with Crippen molar-refractivity contribution in [2.75, 3.05) is 20.1 Å². The molecule has 3 heteroatoms. The molecule has 18 heavy (non-hydrogen) atoms. The van der Waals surface area contributed by atoms with Gasteiger partial charge in [-0.1, -0.05) is 18.2 Å². The molecule has 3 nitrogen and oxygen atoms in total. The van der Waals surface area contributed by atoms with Crippen molar-refractivity contribution in [1.29, 1.82) is 5.26 Å². The lowest BCUT2D eigenvalue weighted by atomic mass is 10.0. The smallest absolute Gasteiger partial charge is 0.0995 e. The van der Waals surface area contributed by atoms with Gasteiger partial charge in [-0.3, -0.25) is 4.90 Å². The molecule has 1 aromatic rings. The van der Waals surface area contributed by atoms with Crippen molar-refractivity contribution in [1.82, 2.24) is 10.2 Å². The van der Waals surface area contributed by atoms with Crippen LogP contribution in [0, 0.1) is 11.3 Å². The quantitative estimate of drug-likeness (QED) is 0.884. The first kappa shape index (κ1) is 13.1. The zero-order valence-electron chi connectivity index (χ0n) is 11.0. The number of hydrogen-bond donors (Lipinski definition) is 1. The number of benzene rings is 1. The van der Waals surface area contributed by atoms with E-state index in [4.69, 9.17) is 5.26 Å². The Labute approximate surface area is 109 Å². The number of hydrogen-bond acceptors (Lipinski definition) is 3. The first-order valence-corrected chi connectivity index (χ1v) is 6.70. The summed E-state index contributed by atoms with van der Waals surface area (Å²) in [4.78, 5) is 2.39.